The predicted octanol–water partition coefficient (Wildman–Crippen LogP) is 5.68. The number of piperazine rings is 1. The number of alkyl halides is 2. The lowest BCUT2D eigenvalue weighted by Crippen LogP contribution is -2.61. The monoisotopic (exact) mass is 892 g/mol. The lowest BCUT2D eigenvalue weighted by Gasteiger charge is -2.46. The lowest BCUT2D eigenvalue weighted by molar-refractivity contribution is -0.133. The van der Waals surface area contributed by atoms with E-state index < -0.39 is 41.7 Å². The molecule has 0 aliphatic carbocycles. The van der Waals surface area contributed by atoms with E-state index in [4.69, 9.17) is 0 Å². The zero-order chi connectivity index (χ0) is 44.1. The maximum absolute atomic E-state index is 16.0. The molecule has 3 atom stereocenters. The maximum Gasteiger partial charge on any atom is 0.275 e. The van der Waals surface area contributed by atoms with Crippen molar-refractivity contribution in [3.05, 3.63) is 112 Å². The van der Waals surface area contributed by atoms with Crippen LogP contribution in [-0.2, 0) is 40.4 Å². The Morgan fingerprint density at radius 3 is 2.53 bits per heavy atom. The number of imidazole rings is 1. The lowest BCUT2D eigenvalue weighted by atomic mass is 9.97. The summed E-state index contributed by atoms with van der Waals surface area (Å²) in [4.78, 5) is 67.8. The fourth-order valence-corrected chi connectivity index (χ4v) is 10.5. The summed E-state index contributed by atoms with van der Waals surface area (Å²) in [5.74, 6) is -5.01. The second-order valence-electron chi connectivity index (χ2n) is 17.2. The Bertz CT molecular complexity index is 2600. The number of carbonyl (C=O) groups excluding carboxylic acids is 4. The van der Waals surface area contributed by atoms with Gasteiger partial charge < -0.3 is 19.7 Å². The zero-order valence-electron chi connectivity index (χ0n) is 34.9. The second-order valence-corrected chi connectivity index (χ2v) is 18.1. The summed E-state index contributed by atoms with van der Waals surface area (Å²) in [5.41, 5.74) is 5.54. The number of nitrogens with zero attached hydrogens (tertiary/aromatic N) is 7. The van der Waals surface area contributed by atoms with Gasteiger partial charge in [-0.15, -0.1) is 11.3 Å². The number of amides is 4. The molecule has 10 rings (SSSR count). The molecule has 3 unspecified atom stereocenters. The highest BCUT2D eigenvalue weighted by Gasteiger charge is 2.48. The minimum atomic E-state index is -2.91. The fraction of sp³-hybridized carbons (Fsp3) is 0.391. The van der Waals surface area contributed by atoms with E-state index in [9.17, 15) is 19.2 Å². The molecule has 0 bridgehead atoms. The predicted molar refractivity (Wildman–Crippen MR) is 234 cm³/mol. The van der Waals surface area contributed by atoms with Gasteiger partial charge >= 0.3 is 0 Å². The summed E-state index contributed by atoms with van der Waals surface area (Å²) in [6, 6.07) is 15.7. The van der Waals surface area contributed by atoms with Crippen LogP contribution in [0.1, 0.15) is 64.6 Å². The van der Waals surface area contributed by atoms with Crippen LogP contribution < -0.4 is 20.9 Å². The summed E-state index contributed by atoms with van der Waals surface area (Å²) >= 11 is 1.26. The van der Waals surface area contributed by atoms with E-state index in [1.165, 1.54) is 22.3 Å². The molecule has 332 valence electrons. The Hall–Kier alpha value is -6.11. The van der Waals surface area contributed by atoms with Gasteiger partial charge in [-0.2, -0.15) is 0 Å². The number of nitrogens with one attached hydrogen (secondary N) is 3. The largest absolute Gasteiger partial charge is 0.374 e. The van der Waals surface area contributed by atoms with Crippen molar-refractivity contribution in [2.45, 2.75) is 75.8 Å². The van der Waals surface area contributed by atoms with E-state index in [1.54, 1.807) is 28.9 Å². The summed E-state index contributed by atoms with van der Waals surface area (Å²) in [6.07, 6.45) is 5.89. The van der Waals surface area contributed by atoms with Crippen LogP contribution in [0.4, 0.5) is 29.7 Å². The second kappa shape index (κ2) is 17.1. The number of halogens is 3. The molecule has 3 fully saturated rings. The average molecular weight is 893 g/mol. The van der Waals surface area contributed by atoms with E-state index in [0.29, 0.717) is 79.7 Å². The Morgan fingerprint density at radius 2 is 1.77 bits per heavy atom. The van der Waals surface area contributed by atoms with Crippen molar-refractivity contribution in [3.8, 4) is 11.1 Å². The van der Waals surface area contributed by atoms with Gasteiger partial charge in [0.2, 0.25) is 11.8 Å². The van der Waals surface area contributed by atoms with Gasteiger partial charge in [-0.3, -0.25) is 39.6 Å². The first kappa shape index (κ1) is 41.9. The zero-order valence-corrected chi connectivity index (χ0v) is 35.8. The van der Waals surface area contributed by atoms with Gasteiger partial charge in [0, 0.05) is 92.0 Å². The topological polar surface area (TPSA) is 148 Å². The minimum Gasteiger partial charge on any atom is -0.374 e. The number of benzene rings is 3. The molecular weight excluding hydrogens is 846 g/mol. The first-order valence-electron chi connectivity index (χ1n) is 21.7. The van der Waals surface area contributed by atoms with Crippen LogP contribution in [0.3, 0.4) is 0 Å². The minimum absolute atomic E-state index is 0.0828. The number of imide groups is 1. The molecule has 0 saturated carbocycles. The number of aromatic nitrogens is 3. The van der Waals surface area contributed by atoms with Gasteiger partial charge in [-0.1, -0.05) is 24.3 Å². The van der Waals surface area contributed by atoms with Gasteiger partial charge in [0.1, 0.15) is 11.9 Å². The van der Waals surface area contributed by atoms with Gasteiger partial charge in [0.15, 0.2) is 11.2 Å². The van der Waals surface area contributed by atoms with Crippen LogP contribution in [0, 0.1) is 5.82 Å². The number of rotatable bonds is 11. The van der Waals surface area contributed by atoms with E-state index in [-0.39, 0.29) is 42.5 Å². The molecule has 7 heterocycles. The fourth-order valence-electron chi connectivity index (χ4n) is 9.96. The van der Waals surface area contributed by atoms with Crippen molar-refractivity contribution in [2.24, 2.45) is 0 Å². The van der Waals surface area contributed by atoms with Crippen molar-refractivity contribution < 1.29 is 32.3 Å². The molecule has 5 aromatic rings. The molecule has 5 aliphatic heterocycles. The Kier molecular flexibility index (Phi) is 11.2. The Balaban J connectivity index is 0.760. The summed E-state index contributed by atoms with van der Waals surface area (Å²) in [6.45, 7) is 3.31. The third kappa shape index (κ3) is 8.25. The Morgan fingerprint density at radius 1 is 0.938 bits per heavy atom. The van der Waals surface area contributed by atoms with E-state index in [0.717, 1.165) is 36.3 Å². The molecule has 5 aliphatic rings. The van der Waals surface area contributed by atoms with Crippen LogP contribution in [0.25, 0.3) is 11.1 Å². The first-order valence-corrected chi connectivity index (χ1v) is 22.6. The van der Waals surface area contributed by atoms with Crippen LogP contribution >= 0.6 is 11.3 Å². The standard InChI is InChI=1S/C46H47F3N10O4S/c47-35-23-30(22-33-34(35)25-59(44(33)63)41(43(62)54-45-50-13-20-64-45)40-37-5-2-14-58(37)27-51-40)29-6-8-32(9-7-29)56-16-18-57(19-17-56)38-12-15-55(26-46(38,48)49)24-28-3-1-4-31(21-28)52-36-10-11-39(60)53-42(36)61/h1,3-4,6-9,13,20-23,27,36,38,41,52H,2,5,10-12,14-19,24-26H2,(H,50,54,62)(H,53,60,61). The first-order chi connectivity index (χ1) is 31.0. The molecule has 18 heteroatoms. The third-order valence-electron chi connectivity index (χ3n) is 13.2. The van der Waals surface area contributed by atoms with Gasteiger partial charge in [0.05, 0.1) is 31.2 Å². The molecule has 64 heavy (non-hydrogen) atoms. The molecule has 3 N–H and O–H groups in total. The highest BCUT2D eigenvalue weighted by Crippen LogP contribution is 2.39. The van der Waals surface area contributed by atoms with Crippen molar-refractivity contribution in [1.82, 2.24) is 34.6 Å². The quantitative estimate of drug-likeness (QED) is 0.142. The van der Waals surface area contributed by atoms with E-state index in [2.05, 4.69) is 30.8 Å². The number of aryl methyl sites for hydroxylation is 1. The van der Waals surface area contributed by atoms with Crippen molar-refractivity contribution in [3.63, 3.8) is 0 Å². The number of hydrogen-bond acceptors (Lipinski definition) is 11. The van der Waals surface area contributed by atoms with Crippen molar-refractivity contribution in [2.75, 3.05) is 54.8 Å². The van der Waals surface area contributed by atoms with Crippen LogP contribution in [0.2, 0.25) is 0 Å². The number of likely N-dealkylation sites (tertiary alicyclic amines) is 1. The van der Waals surface area contributed by atoms with Crippen LogP contribution in [0.15, 0.2) is 78.6 Å². The summed E-state index contributed by atoms with van der Waals surface area (Å²) in [5, 5.41) is 10.5. The molecule has 14 nitrogen and oxygen atoms in total. The number of carbonyl (C=O) groups is 4. The number of piperidine rings is 2. The van der Waals surface area contributed by atoms with Crippen molar-refractivity contribution >= 4 is 51.5 Å². The number of fused-ring (bicyclic) bond motifs is 2. The molecular formula is C46H47F3N10O4S. The van der Waals surface area contributed by atoms with Gasteiger partial charge in [0.25, 0.3) is 17.7 Å². The summed E-state index contributed by atoms with van der Waals surface area (Å²) < 4.78 is 49.7. The molecule has 0 spiro atoms. The van der Waals surface area contributed by atoms with Crippen LogP contribution in [-0.4, -0.2) is 110 Å². The third-order valence-corrected chi connectivity index (χ3v) is 13.9. The van der Waals surface area contributed by atoms with Crippen LogP contribution in [0.5, 0.6) is 0 Å². The van der Waals surface area contributed by atoms with E-state index >= 15 is 13.2 Å². The highest BCUT2D eigenvalue weighted by atomic mass is 32.1. The highest BCUT2D eigenvalue weighted by molar-refractivity contribution is 7.13. The molecule has 3 saturated heterocycles. The number of thiazole rings is 1. The van der Waals surface area contributed by atoms with Gasteiger partial charge in [-0.25, -0.2) is 23.1 Å². The number of hydrogen-bond donors (Lipinski definition) is 3. The number of anilines is 3. The molecule has 2 aromatic heterocycles. The van der Waals surface area contributed by atoms with E-state index in [1.807, 2.05) is 58.0 Å². The normalized spacial score (nSPS) is 21.7. The maximum atomic E-state index is 16.0. The average Bonchev–Trinajstić information content (AvgIpc) is 4.10. The summed E-state index contributed by atoms with van der Waals surface area (Å²) in [7, 11) is 0. The Labute approximate surface area is 371 Å². The smallest absolute Gasteiger partial charge is 0.275 e. The van der Waals surface area contributed by atoms with Crippen molar-refractivity contribution in [1.29, 1.82) is 0 Å². The molecule has 3 aromatic carbocycles. The molecule has 0 radical (unpaired) electrons. The SMILES string of the molecule is O=C1CCC(Nc2cccc(CN3CCC(N4CCN(c5ccc(-c6cc(F)c7c(c6)C(=O)N(C(C(=O)Nc6nccs6)c6ncn8c6CCC8)C7)cc5)CC4)C(F)(F)C3)c2)C(=O)N1. The molecule has 4 amide bonds. The van der Waals surface area contributed by atoms with Gasteiger partial charge in [-0.05, 0) is 78.8 Å².